The molecule has 1 heterocycles. The second kappa shape index (κ2) is 8.10. The van der Waals surface area contributed by atoms with Gasteiger partial charge in [-0.3, -0.25) is 9.59 Å². The van der Waals surface area contributed by atoms with Crippen LogP contribution in [0.3, 0.4) is 0 Å². The van der Waals surface area contributed by atoms with Crippen molar-refractivity contribution in [2.24, 2.45) is 0 Å². The lowest BCUT2D eigenvalue weighted by Gasteiger charge is -2.33. The summed E-state index contributed by atoms with van der Waals surface area (Å²) in [6.45, 7) is 5.70. The van der Waals surface area contributed by atoms with Gasteiger partial charge < -0.3 is 15.2 Å². The van der Waals surface area contributed by atoms with E-state index < -0.39 is 37.8 Å². The molecule has 1 aliphatic heterocycles. The standard InChI is InChI=1S/C15H27NO6S/c1-4-15(5-2,10-13(17)18)16-14(19)11(3)23(20,21)12-6-8-22-9-7-12/h11-12H,4-10H2,1-3H3,(H,16,19)(H,17,18). The number of amides is 1. The molecule has 0 saturated carbocycles. The molecule has 1 amide bonds. The number of hydrogen-bond donors (Lipinski definition) is 2. The van der Waals surface area contributed by atoms with E-state index in [1.54, 1.807) is 13.8 Å². The summed E-state index contributed by atoms with van der Waals surface area (Å²) >= 11 is 0. The fourth-order valence-electron chi connectivity index (χ4n) is 2.82. The van der Waals surface area contributed by atoms with Crippen LogP contribution in [0.4, 0.5) is 0 Å². The highest BCUT2D eigenvalue weighted by Crippen LogP contribution is 2.23. The smallest absolute Gasteiger partial charge is 0.305 e. The Morgan fingerprint density at radius 2 is 1.78 bits per heavy atom. The minimum atomic E-state index is -3.62. The molecule has 23 heavy (non-hydrogen) atoms. The van der Waals surface area contributed by atoms with E-state index in [1.165, 1.54) is 6.92 Å². The highest BCUT2D eigenvalue weighted by Gasteiger charge is 2.39. The first kappa shape index (κ1) is 19.9. The summed E-state index contributed by atoms with van der Waals surface area (Å²) in [6, 6.07) is 0. The maximum atomic E-state index is 12.6. The summed E-state index contributed by atoms with van der Waals surface area (Å²) in [6.07, 6.45) is 1.40. The predicted octanol–water partition coefficient (Wildman–Crippen LogP) is 1.12. The van der Waals surface area contributed by atoms with Crippen LogP contribution in [0.1, 0.15) is 52.9 Å². The van der Waals surface area contributed by atoms with Crippen LogP contribution in [0.15, 0.2) is 0 Å². The van der Waals surface area contributed by atoms with Gasteiger partial charge in [0.05, 0.1) is 11.7 Å². The summed E-state index contributed by atoms with van der Waals surface area (Å²) in [5.41, 5.74) is -0.914. The number of sulfone groups is 1. The largest absolute Gasteiger partial charge is 0.481 e. The van der Waals surface area contributed by atoms with E-state index in [0.717, 1.165) is 0 Å². The van der Waals surface area contributed by atoms with Crippen molar-refractivity contribution in [3.8, 4) is 0 Å². The van der Waals surface area contributed by atoms with Crippen molar-refractivity contribution in [2.75, 3.05) is 13.2 Å². The minimum absolute atomic E-state index is 0.226. The van der Waals surface area contributed by atoms with Gasteiger partial charge in [-0.25, -0.2) is 8.42 Å². The molecule has 0 aromatic heterocycles. The molecule has 0 radical (unpaired) electrons. The third-order valence-electron chi connectivity index (χ3n) is 4.73. The highest BCUT2D eigenvalue weighted by molar-refractivity contribution is 7.93. The lowest BCUT2D eigenvalue weighted by molar-refractivity contribution is -0.139. The van der Waals surface area contributed by atoms with Crippen molar-refractivity contribution >= 4 is 21.7 Å². The van der Waals surface area contributed by atoms with Crippen LogP contribution < -0.4 is 5.32 Å². The maximum Gasteiger partial charge on any atom is 0.305 e. The summed E-state index contributed by atoms with van der Waals surface area (Å²) in [7, 11) is -3.62. The van der Waals surface area contributed by atoms with E-state index in [2.05, 4.69) is 5.32 Å². The van der Waals surface area contributed by atoms with Gasteiger partial charge in [0.2, 0.25) is 5.91 Å². The normalized spacial score (nSPS) is 18.4. The van der Waals surface area contributed by atoms with Gasteiger partial charge in [-0.1, -0.05) is 13.8 Å². The number of carbonyl (C=O) groups excluding carboxylic acids is 1. The Morgan fingerprint density at radius 3 is 2.22 bits per heavy atom. The van der Waals surface area contributed by atoms with E-state index in [9.17, 15) is 18.0 Å². The number of ether oxygens (including phenoxy) is 1. The van der Waals surface area contributed by atoms with Gasteiger partial charge in [-0.15, -0.1) is 0 Å². The third kappa shape index (κ3) is 4.91. The van der Waals surface area contributed by atoms with Crippen LogP contribution in [-0.2, 0) is 24.2 Å². The molecule has 2 N–H and O–H groups in total. The number of carboxylic acids is 1. The number of carbonyl (C=O) groups is 2. The zero-order chi connectivity index (χ0) is 17.7. The maximum absolute atomic E-state index is 12.6. The molecule has 1 rings (SSSR count). The van der Waals surface area contributed by atoms with Gasteiger partial charge in [0, 0.05) is 18.8 Å². The average Bonchev–Trinajstić information content (AvgIpc) is 2.53. The number of aliphatic carboxylic acids is 1. The van der Waals surface area contributed by atoms with Crippen molar-refractivity contribution < 1.29 is 27.9 Å². The number of rotatable bonds is 8. The highest BCUT2D eigenvalue weighted by atomic mass is 32.2. The Kier molecular flexibility index (Phi) is 7.01. The fourth-order valence-corrected chi connectivity index (χ4v) is 4.60. The van der Waals surface area contributed by atoms with Crippen LogP contribution >= 0.6 is 0 Å². The quantitative estimate of drug-likeness (QED) is 0.679. The Morgan fingerprint density at radius 1 is 1.26 bits per heavy atom. The lowest BCUT2D eigenvalue weighted by Crippen LogP contribution is -2.54. The van der Waals surface area contributed by atoms with E-state index in [1.807, 2.05) is 0 Å². The zero-order valence-corrected chi connectivity index (χ0v) is 14.8. The SMILES string of the molecule is CCC(CC)(CC(=O)O)NC(=O)C(C)S(=O)(=O)C1CCOCC1. The van der Waals surface area contributed by atoms with Gasteiger partial charge in [-0.05, 0) is 32.6 Å². The average molecular weight is 349 g/mol. The van der Waals surface area contributed by atoms with Crippen molar-refractivity contribution in [1.82, 2.24) is 5.32 Å². The Labute approximate surface area is 137 Å². The molecule has 1 fully saturated rings. The molecule has 0 aliphatic carbocycles. The number of carboxylic acid groups (broad SMARTS) is 1. The summed E-state index contributed by atoms with van der Waals surface area (Å²) in [5.74, 6) is -1.64. The first-order chi connectivity index (χ1) is 10.7. The molecule has 8 heteroatoms. The first-order valence-corrected chi connectivity index (χ1v) is 9.63. The molecule has 0 bridgehead atoms. The van der Waals surface area contributed by atoms with Crippen molar-refractivity contribution in [3.63, 3.8) is 0 Å². The van der Waals surface area contributed by atoms with Crippen LogP contribution in [0, 0.1) is 0 Å². The monoisotopic (exact) mass is 349 g/mol. The van der Waals surface area contributed by atoms with E-state index >= 15 is 0 Å². The summed E-state index contributed by atoms with van der Waals surface area (Å²) in [5, 5.41) is 9.95. The molecule has 0 aromatic carbocycles. The Hall–Kier alpha value is -1.15. The van der Waals surface area contributed by atoms with E-state index in [0.29, 0.717) is 38.9 Å². The molecule has 0 spiro atoms. The molecular weight excluding hydrogens is 322 g/mol. The zero-order valence-electron chi connectivity index (χ0n) is 14.0. The van der Waals surface area contributed by atoms with Crippen molar-refractivity contribution in [3.05, 3.63) is 0 Å². The molecule has 0 aromatic rings. The molecule has 1 saturated heterocycles. The fraction of sp³-hybridized carbons (Fsp3) is 0.867. The number of nitrogens with one attached hydrogen (secondary N) is 1. The van der Waals surface area contributed by atoms with E-state index in [4.69, 9.17) is 9.84 Å². The third-order valence-corrected chi connectivity index (χ3v) is 7.33. The van der Waals surface area contributed by atoms with Crippen LogP contribution in [0.2, 0.25) is 0 Å². The van der Waals surface area contributed by atoms with Gasteiger partial charge in [0.1, 0.15) is 5.25 Å². The molecule has 1 unspecified atom stereocenters. The summed E-state index contributed by atoms with van der Waals surface area (Å²) in [4.78, 5) is 23.5. The van der Waals surface area contributed by atoms with Gasteiger partial charge in [-0.2, -0.15) is 0 Å². The molecular formula is C15H27NO6S. The van der Waals surface area contributed by atoms with E-state index in [-0.39, 0.29) is 6.42 Å². The lowest BCUT2D eigenvalue weighted by atomic mass is 9.89. The van der Waals surface area contributed by atoms with Gasteiger partial charge in [0.25, 0.3) is 0 Å². The van der Waals surface area contributed by atoms with Gasteiger partial charge in [0.15, 0.2) is 9.84 Å². The predicted molar refractivity (Wildman–Crippen MR) is 85.9 cm³/mol. The Bertz CT molecular complexity index is 520. The minimum Gasteiger partial charge on any atom is -0.481 e. The first-order valence-electron chi connectivity index (χ1n) is 8.02. The Balaban J connectivity index is 2.87. The molecule has 1 atom stereocenters. The second-order valence-electron chi connectivity index (χ2n) is 6.09. The molecule has 134 valence electrons. The van der Waals surface area contributed by atoms with Crippen molar-refractivity contribution in [2.45, 2.75) is 68.9 Å². The van der Waals surface area contributed by atoms with Gasteiger partial charge >= 0.3 is 5.97 Å². The van der Waals surface area contributed by atoms with Crippen LogP contribution in [0.25, 0.3) is 0 Å². The second-order valence-corrected chi connectivity index (χ2v) is 8.64. The topological polar surface area (TPSA) is 110 Å². The molecule has 1 aliphatic rings. The number of hydrogen-bond acceptors (Lipinski definition) is 5. The van der Waals surface area contributed by atoms with Crippen molar-refractivity contribution in [1.29, 1.82) is 0 Å². The van der Waals surface area contributed by atoms with Crippen LogP contribution in [-0.4, -0.2) is 54.7 Å². The molecule has 7 nitrogen and oxygen atoms in total. The van der Waals surface area contributed by atoms with Crippen LogP contribution in [0.5, 0.6) is 0 Å². The summed E-state index contributed by atoms with van der Waals surface area (Å²) < 4.78 is 30.3.